The van der Waals surface area contributed by atoms with E-state index in [1.54, 1.807) is 7.11 Å². The number of ether oxygens (including phenoxy) is 2. The van der Waals surface area contributed by atoms with Gasteiger partial charge in [0, 0.05) is 20.3 Å². The third kappa shape index (κ3) is 5.94. The van der Waals surface area contributed by atoms with Crippen LogP contribution in [0.5, 0.6) is 0 Å². The maximum Gasteiger partial charge on any atom is 0.333 e. The SMILES string of the molecule is COCCCCO[C@H](C(=O)O)C(C)C. The van der Waals surface area contributed by atoms with Crippen molar-refractivity contribution in [3.8, 4) is 0 Å². The van der Waals surface area contributed by atoms with E-state index in [1.807, 2.05) is 13.8 Å². The third-order valence-electron chi connectivity index (χ3n) is 1.89. The Bertz CT molecular complexity index is 156. The van der Waals surface area contributed by atoms with E-state index in [0.717, 1.165) is 12.8 Å². The highest BCUT2D eigenvalue weighted by Crippen LogP contribution is 2.07. The van der Waals surface area contributed by atoms with E-state index < -0.39 is 12.1 Å². The number of hydrogen-bond acceptors (Lipinski definition) is 3. The molecule has 0 fully saturated rings. The summed E-state index contributed by atoms with van der Waals surface area (Å²) in [5.41, 5.74) is 0. The Morgan fingerprint density at radius 3 is 2.29 bits per heavy atom. The topological polar surface area (TPSA) is 55.8 Å². The summed E-state index contributed by atoms with van der Waals surface area (Å²) in [7, 11) is 1.65. The molecule has 1 N–H and O–H groups in total. The Labute approximate surface area is 85.2 Å². The highest BCUT2D eigenvalue weighted by Gasteiger charge is 2.21. The highest BCUT2D eigenvalue weighted by molar-refractivity contribution is 5.72. The van der Waals surface area contributed by atoms with Crippen molar-refractivity contribution in [1.82, 2.24) is 0 Å². The van der Waals surface area contributed by atoms with Crippen molar-refractivity contribution in [3.05, 3.63) is 0 Å². The van der Waals surface area contributed by atoms with E-state index in [2.05, 4.69) is 0 Å². The van der Waals surface area contributed by atoms with Crippen LogP contribution in [0.15, 0.2) is 0 Å². The van der Waals surface area contributed by atoms with Crippen LogP contribution in [0, 0.1) is 5.92 Å². The molecule has 4 nitrogen and oxygen atoms in total. The fraction of sp³-hybridized carbons (Fsp3) is 0.900. The van der Waals surface area contributed by atoms with Crippen molar-refractivity contribution in [3.63, 3.8) is 0 Å². The Kier molecular flexibility index (Phi) is 7.42. The van der Waals surface area contributed by atoms with Crippen LogP contribution in [-0.4, -0.2) is 37.5 Å². The lowest BCUT2D eigenvalue weighted by Gasteiger charge is -2.16. The first-order valence-corrected chi connectivity index (χ1v) is 4.93. The van der Waals surface area contributed by atoms with Gasteiger partial charge in [0.05, 0.1) is 0 Å². The normalized spacial score (nSPS) is 13.1. The molecule has 0 amide bonds. The second-order valence-corrected chi connectivity index (χ2v) is 3.57. The molecule has 0 rings (SSSR count). The van der Waals surface area contributed by atoms with E-state index >= 15 is 0 Å². The molecule has 4 heteroatoms. The van der Waals surface area contributed by atoms with Gasteiger partial charge in [-0.05, 0) is 18.8 Å². The number of carboxylic acids is 1. The van der Waals surface area contributed by atoms with E-state index in [4.69, 9.17) is 14.6 Å². The minimum Gasteiger partial charge on any atom is -0.479 e. The quantitative estimate of drug-likeness (QED) is 0.609. The second-order valence-electron chi connectivity index (χ2n) is 3.57. The Balaban J connectivity index is 3.57. The lowest BCUT2D eigenvalue weighted by Crippen LogP contribution is -2.29. The first kappa shape index (κ1) is 13.4. The summed E-state index contributed by atoms with van der Waals surface area (Å²) in [5.74, 6) is -0.873. The van der Waals surface area contributed by atoms with Gasteiger partial charge >= 0.3 is 5.97 Å². The van der Waals surface area contributed by atoms with Gasteiger partial charge in [0.1, 0.15) is 0 Å². The molecule has 0 heterocycles. The number of carboxylic acid groups (broad SMARTS) is 1. The summed E-state index contributed by atoms with van der Waals surface area (Å²) in [6.45, 7) is 4.86. The van der Waals surface area contributed by atoms with Crippen molar-refractivity contribution in [1.29, 1.82) is 0 Å². The van der Waals surface area contributed by atoms with Gasteiger partial charge in [0.15, 0.2) is 6.10 Å². The van der Waals surface area contributed by atoms with Crippen LogP contribution in [0.2, 0.25) is 0 Å². The molecule has 0 bridgehead atoms. The standard InChI is InChI=1S/C10H20O4/c1-8(2)9(10(11)12)14-7-5-4-6-13-3/h8-9H,4-7H2,1-3H3,(H,11,12)/t9-/m0/s1. The summed E-state index contributed by atoms with van der Waals surface area (Å²) in [6.07, 6.45) is 1.06. The number of aliphatic carboxylic acids is 1. The van der Waals surface area contributed by atoms with E-state index in [0.29, 0.717) is 13.2 Å². The van der Waals surface area contributed by atoms with Gasteiger partial charge in [0.25, 0.3) is 0 Å². The molecule has 84 valence electrons. The van der Waals surface area contributed by atoms with Gasteiger partial charge < -0.3 is 14.6 Å². The second kappa shape index (κ2) is 7.76. The predicted octanol–water partition coefficient (Wildman–Crippen LogP) is 1.54. The summed E-state index contributed by atoms with van der Waals surface area (Å²) >= 11 is 0. The third-order valence-corrected chi connectivity index (χ3v) is 1.89. The molecule has 0 aliphatic carbocycles. The molecule has 14 heavy (non-hydrogen) atoms. The number of unbranched alkanes of at least 4 members (excludes halogenated alkanes) is 1. The van der Waals surface area contributed by atoms with Crippen LogP contribution in [0.4, 0.5) is 0 Å². The van der Waals surface area contributed by atoms with Gasteiger partial charge in [0.2, 0.25) is 0 Å². The van der Waals surface area contributed by atoms with E-state index in [-0.39, 0.29) is 5.92 Å². The van der Waals surface area contributed by atoms with Crippen molar-refractivity contribution in [2.24, 2.45) is 5.92 Å². The monoisotopic (exact) mass is 204 g/mol. The van der Waals surface area contributed by atoms with Crippen LogP contribution < -0.4 is 0 Å². The van der Waals surface area contributed by atoms with Gasteiger partial charge in [-0.2, -0.15) is 0 Å². The maximum atomic E-state index is 10.7. The predicted molar refractivity (Wildman–Crippen MR) is 53.3 cm³/mol. The molecule has 0 unspecified atom stereocenters. The Morgan fingerprint density at radius 1 is 1.29 bits per heavy atom. The molecule has 0 aliphatic rings. The minimum atomic E-state index is -0.883. The zero-order valence-electron chi connectivity index (χ0n) is 9.16. The van der Waals surface area contributed by atoms with Crippen LogP contribution in [0.25, 0.3) is 0 Å². The van der Waals surface area contributed by atoms with Gasteiger partial charge in [-0.1, -0.05) is 13.8 Å². The molecular formula is C10H20O4. The number of carbonyl (C=O) groups is 1. The van der Waals surface area contributed by atoms with Crippen LogP contribution in [-0.2, 0) is 14.3 Å². The van der Waals surface area contributed by atoms with Crippen LogP contribution >= 0.6 is 0 Å². The zero-order chi connectivity index (χ0) is 11.0. The van der Waals surface area contributed by atoms with Gasteiger partial charge in [-0.15, -0.1) is 0 Å². The summed E-state index contributed by atoms with van der Waals surface area (Å²) in [6, 6.07) is 0. The lowest BCUT2D eigenvalue weighted by atomic mass is 10.1. The van der Waals surface area contributed by atoms with Gasteiger partial charge in [-0.25, -0.2) is 4.79 Å². The van der Waals surface area contributed by atoms with Crippen LogP contribution in [0.1, 0.15) is 26.7 Å². The molecule has 0 aromatic heterocycles. The average Bonchev–Trinajstić information content (AvgIpc) is 2.09. The fourth-order valence-corrected chi connectivity index (χ4v) is 1.11. The zero-order valence-corrected chi connectivity index (χ0v) is 9.16. The first-order valence-electron chi connectivity index (χ1n) is 4.93. The average molecular weight is 204 g/mol. The molecule has 0 aromatic carbocycles. The van der Waals surface area contributed by atoms with Crippen molar-refractivity contribution < 1.29 is 19.4 Å². The molecule has 0 saturated carbocycles. The molecule has 0 aromatic rings. The van der Waals surface area contributed by atoms with Gasteiger partial charge in [-0.3, -0.25) is 0 Å². The summed E-state index contributed by atoms with van der Waals surface area (Å²) in [4.78, 5) is 10.7. The van der Waals surface area contributed by atoms with E-state index in [9.17, 15) is 4.79 Å². The Hall–Kier alpha value is -0.610. The van der Waals surface area contributed by atoms with Crippen LogP contribution in [0.3, 0.4) is 0 Å². The largest absolute Gasteiger partial charge is 0.479 e. The summed E-state index contributed by atoms with van der Waals surface area (Å²) in [5, 5.41) is 8.80. The van der Waals surface area contributed by atoms with Crippen molar-refractivity contribution in [2.45, 2.75) is 32.8 Å². The minimum absolute atomic E-state index is 0.00919. The smallest absolute Gasteiger partial charge is 0.333 e. The summed E-state index contributed by atoms with van der Waals surface area (Å²) < 4.78 is 10.1. The highest BCUT2D eigenvalue weighted by atomic mass is 16.5. The number of hydrogen-bond donors (Lipinski definition) is 1. The molecule has 0 spiro atoms. The van der Waals surface area contributed by atoms with Crippen molar-refractivity contribution >= 4 is 5.97 Å². The first-order chi connectivity index (χ1) is 6.59. The molecule has 0 aliphatic heterocycles. The molecule has 0 radical (unpaired) electrons. The number of rotatable bonds is 8. The Morgan fingerprint density at radius 2 is 1.86 bits per heavy atom. The molecular weight excluding hydrogens is 184 g/mol. The lowest BCUT2D eigenvalue weighted by molar-refractivity contribution is -0.153. The maximum absolute atomic E-state index is 10.7. The fourth-order valence-electron chi connectivity index (χ4n) is 1.11. The molecule has 1 atom stereocenters. The number of methoxy groups -OCH3 is 1. The van der Waals surface area contributed by atoms with E-state index in [1.165, 1.54) is 0 Å². The van der Waals surface area contributed by atoms with Crippen molar-refractivity contribution in [2.75, 3.05) is 20.3 Å². The molecule has 0 saturated heterocycles.